The van der Waals surface area contributed by atoms with E-state index in [9.17, 15) is 14.7 Å². The summed E-state index contributed by atoms with van der Waals surface area (Å²) < 4.78 is 0. The Kier molecular flexibility index (Phi) is 4.24. The Morgan fingerprint density at radius 2 is 1.88 bits per heavy atom. The number of phenols is 1. The number of aromatic hydroxyl groups is 1. The van der Waals surface area contributed by atoms with Gasteiger partial charge in [0.05, 0.1) is 5.56 Å². The molecule has 6 heteroatoms. The second-order valence-electron chi connectivity index (χ2n) is 6.73. The van der Waals surface area contributed by atoms with Crippen molar-refractivity contribution in [2.75, 3.05) is 23.3 Å². The fourth-order valence-electron chi connectivity index (χ4n) is 3.62. The molecule has 0 saturated carbocycles. The molecule has 6 nitrogen and oxygen atoms in total. The van der Waals surface area contributed by atoms with E-state index in [4.69, 9.17) is 0 Å². The zero-order valence-corrected chi connectivity index (χ0v) is 14.4. The number of benzene rings is 2. The fourth-order valence-corrected chi connectivity index (χ4v) is 3.62. The molecule has 4 rings (SSSR count). The number of nitrogens with one attached hydrogen (secondary N) is 2. The first kappa shape index (κ1) is 16.4. The van der Waals surface area contributed by atoms with Crippen LogP contribution in [0, 0.1) is 0 Å². The van der Waals surface area contributed by atoms with Gasteiger partial charge in [0.15, 0.2) is 0 Å². The first-order valence-electron chi connectivity index (χ1n) is 8.93. The molecule has 1 aliphatic carbocycles. The number of nitrogens with zero attached hydrogens (tertiary/aromatic N) is 1. The molecule has 3 amide bonds. The minimum atomic E-state index is -0.348. The Balaban J connectivity index is 1.56. The predicted octanol–water partition coefficient (Wildman–Crippen LogP) is 3.05. The maximum absolute atomic E-state index is 12.7. The lowest BCUT2D eigenvalue weighted by atomic mass is 9.90. The average molecular weight is 351 g/mol. The first-order chi connectivity index (χ1) is 12.6. The molecule has 1 heterocycles. The van der Waals surface area contributed by atoms with Gasteiger partial charge in [-0.3, -0.25) is 9.69 Å². The molecule has 0 aromatic heterocycles. The molecule has 1 saturated heterocycles. The zero-order valence-electron chi connectivity index (χ0n) is 14.4. The van der Waals surface area contributed by atoms with Gasteiger partial charge >= 0.3 is 6.03 Å². The average Bonchev–Trinajstić information content (AvgIpc) is 3.07. The molecule has 1 aliphatic heterocycles. The number of fused-ring (bicyclic) bond motifs is 1. The van der Waals surface area contributed by atoms with Gasteiger partial charge in [-0.15, -0.1) is 0 Å². The highest BCUT2D eigenvalue weighted by Gasteiger charge is 2.22. The van der Waals surface area contributed by atoms with Crippen molar-refractivity contribution >= 4 is 23.3 Å². The maximum atomic E-state index is 12.7. The monoisotopic (exact) mass is 351 g/mol. The summed E-state index contributed by atoms with van der Waals surface area (Å²) in [5.74, 6) is -0.336. The van der Waals surface area contributed by atoms with Gasteiger partial charge in [-0.1, -0.05) is 6.07 Å². The van der Waals surface area contributed by atoms with Gasteiger partial charge in [0.25, 0.3) is 5.91 Å². The molecule has 2 aromatic carbocycles. The number of carbonyl (C=O) groups is 2. The van der Waals surface area contributed by atoms with E-state index in [1.165, 1.54) is 0 Å². The molecule has 0 radical (unpaired) electrons. The molecular weight excluding hydrogens is 330 g/mol. The lowest BCUT2D eigenvalue weighted by Crippen LogP contribution is -2.27. The van der Waals surface area contributed by atoms with Crippen molar-refractivity contribution in [3.8, 4) is 5.75 Å². The Morgan fingerprint density at radius 3 is 2.62 bits per heavy atom. The van der Waals surface area contributed by atoms with E-state index in [0.717, 1.165) is 42.5 Å². The van der Waals surface area contributed by atoms with Crippen molar-refractivity contribution in [1.29, 1.82) is 0 Å². The lowest BCUT2D eigenvalue weighted by molar-refractivity contribution is 0.102. The number of amides is 3. The molecule has 134 valence electrons. The summed E-state index contributed by atoms with van der Waals surface area (Å²) in [5, 5.41) is 15.8. The Morgan fingerprint density at radius 1 is 1.12 bits per heavy atom. The van der Waals surface area contributed by atoms with Crippen LogP contribution in [0.25, 0.3) is 0 Å². The Hall–Kier alpha value is -3.02. The van der Waals surface area contributed by atoms with E-state index < -0.39 is 0 Å². The van der Waals surface area contributed by atoms with E-state index in [0.29, 0.717) is 18.8 Å². The normalized spacial score (nSPS) is 16.2. The van der Waals surface area contributed by atoms with Crippen molar-refractivity contribution in [3.05, 3.63) is 53.1 Å². The fraction of sp³-hybridized carbons (Fsp3) is 0.300. The third-order valence-electron chi connectivity index (χ3n) is 4.98. The van der Waals surface area contributed by atoms with Crippen LogP contribution in [-0.4, -0.2) is 30.1 Å². The van der Waals surface area contributed by atoms with Crippen LogP contribution in [0.3, 0.4) is 0 Å². The number of carbonyl (C=O) groups excluding carboxylic acids is 2. The van der Waals surface area contributed by atoms with Crippen molar-refractivity contribution < 1.29 is 14.7 Å². The van der Waals surface area contributed by atoms with Gasteiger partial charge in [0.1, 0.15) is 5.75 Å². The van der Waals surface area contributed by atoms with Crippen LogP contribution in [0.1, 0.15) is 34.3 Å². The van der Waals surface area contributed by atoms with E-state index in [1.54, 1.807) is 35.2 Å². The standard InChI is InChI=1S/C20H21N3O3/c24-18-11-14-5-2-1-4-13(14)10-17(18)19(25)22-15-6-3-7-16(12-15)23-9-8-21-20(23)26/h3,6-7,10-12,24H,1-2,4-5,8-9H2,(H,21,26)(H,22,25). The van der Waals surface area contributed by atoms with Gasteiger partial charge in [-0.2, -0.15) is 0 Å². The van der Waals surface area contributed by atoms with Crippen LogP contribution in [-0.2, 0) is 12.8 Å². The topological polar surface area (TPSA) is 81.7 Å². The van der Waals surface area contributed by atoms with Crippen LogP contribution in [0.2, 0.25) is 0 Å². The number of phenolic OH excluding ortho intramolecular Hbond substituents is 1. The molecule has 3 N–H and O–H groups in total. The minimum Gasteiger partial charge on any atom is -0.507 e. The lowest BCUT2D eigenvalue weighted by Gasteiger charge is -2.18. The molecule has 0 bridgehead atoms. The summed E-state index contributed by atoms with van der Waals surface area (Å²) in [7, 11) is 0. The number of anilines is 2. The highest BCUT2D eigenvalue weighted by atomic mass is 16.3. The maximum Gasteiger partial charge on any atom is 0.321 e. The van der Waals surface area contributed by atoms with Gasteiger partial charge in [-0.05, 0) is 67.1 Å². The second kappa shape index (κ2) is 6.71. The SMILES string of the molecule is O=C(Nc1cccc(N2CCNC2=O)c1)c1cc2c(cc1O)CCCC2. The summed E-state index contributed by atoms with van der Waals surface area (Å²) in [6, 6.07) is 10.5. The highest BCUT2D eigenvalue weighted by Crippen LogP contribution is 2.29. The van der Waals surface area contributed by atoms with E-state index in [2.05, 4.69) is 10.6 Å². The van der Waals surface area contributed by atoms with Crippen molar-refractivity contribution in [1.82, 2.24) is 5.32 Å². The van der Waals surface area contributed by atoms with Gasteiger partial charge < -0.3 is 15.7 Å². The summed E-state index contributed by atoms with van der Waals surface area (Å²) in [5.41, 5.74) is 3.88. The van der Waals surface area contributed by atoms with Crippen molar-refractivity contribution in [2.45, 2.75) is 25.7 Å². The number of aryl methyl sites for hydroxylation is 2. The molecule has 2 aromatic rings. The van der Waals surface area contributed by atoms with Crippen molar-refractivity contribution in [3.63, 3.8) is 0 Å². The van der Waals surface area contributed by atoms with Crippen LogP contribution in [0.5, 0.6) is 5.75 Å². The van der Waals surface area contributed by atoms with Crippen LogP contribution in [0.15, 0.2) is 36.4 Å². The quantitative estimate of drug-likeness (QED) is 0.795. The zero-order chi connectivity index (χ0) is 18.1. The molecular formula is C20H21N3O3. The highest BCUT2D eigenvalue weighted by molar-refractivity contribution is 6.06. The largest absolute Gasteiger partial charge is 0.507 e. The van der Waals surface area contributed by atoms with Crippen LogP contribution >= 0.6 is 0 Å². The number of hydrogen-bond acceptors (Lipinski definition) is 3. The molecule has 26 heavy (non-hydrogen) atoms. The van der Waals surface area contributed by atoms with E-state index >= 15 is 0 Å². The number of hydrogen-bond donors (Lipinski definition) is 3. The number of urea groups is 1. The van der Waals surface area contributed by atoms with E-state index in [-0.39, 0.29) is 23.3 Å². The van der Waals surface area contributed by atoms with Gasteiger partial charge in [0.2, 0.25) is 0 Å². The van der Waals surface area contributed by atoms with Gasteiger partial charge in [-0.25, -0.2) is 4.79 Å². The molecule has 1 fully saturated rings. The third-order valence-corrected chi connectivity index (χ3v) is 4.98. The third kappa shape index (κ3) is 3.10. The van der Waals surface area contributed by atoms with Crippen molar-refractivity contribution in [2.24, 2.45) is 0 Å². The summed E-state index contributed by atoms with van der Waals surface area (Å²) in [6.45, 7) is 1.21. The first-order valence-corrected chi connectivity index (χ1v) is 8.93. The van der Waals surface area contributed by atoms with Gasteiger partial charge in [0, 0.05) is 24.5 Å². The molecule has 2 aliphatic rings. The second-order valence-corrected chi connectivity index (χ2v) is 6.73. The molecule has 0 spiro atoms. The summed E-state index contributed by atoms with van der Waals surface area (Å²) >= 11 is 0. The Bertz CT molecular complexity index is 879. The van der Waals surface area contributed by atoms with Crippen LogP contribution in [0.4, 0.5) is 16.2 Å². The molecule has 0 unspecified atom stereocenters. The summed E-state index contributed by atoms with van der Waals surface area (Å²) in [4.78, 5) is 26.1. The predicted molar refractivity (Wildman–Crippen MR) is 99.9 cm³/mol. The number of rotatable bonds is 3. The summed E-state index contributed by atoms with van der Waals surface area (Å²) in [6.07, 6.45) is 4.12. The van der Waals surface area contributed by atoms with Crippen LogP contribution < -0.4 is 15.5 Å². The van der Waals surface area contributed by atoms with E-state index in [1.807, 2.05) is 6.07 Å². The smallest absolute Gasteiger partial charge is 0.321 e. The Labute approximate surface area is 151 Å². The molecule has 0 atom stereocenters. The minimum absolute atomic E-state index is 0.0122.